The van der Waals surface area contributed by atoms with Gasteiger partial charge in [-0.2, -0.15) is 5.26 Å². The van der Waals surface area contributed by atoms with Gasteiger partial charge >= 0.3 is 0 Å². The molecule has 0 spiro atoms. The first-order chi connectivity index (χ1) is 11.2. The van der Waals surface area contributed by atoms with Crippen molar-refractivity contribution in [1.82, 2.24) is 19.7 Å². The maximum absolute atomic E-state index is 9.13. The summed E-state index contributed by atoms with van der Waals surface area (Å²) >= 11 is 1.49. The van der Waals surface area contributed by atoms with Crippen LogP contribution in [0.4, 0.5) is 0 Å². The van der Waals surface area contributed by atoms with E-state index in [2.05, 4.69) is 32.7 Å². The van der Waals surface area contributed by atoms with Gasteiger partial charge in [-0.15, -0.1) is 10.2 Å². The standard InChI is InChI=1S/C17H21N5S/c1-12-6-3-4-8-15(12)22-16(14-7-5-9-19-11-14)20-21-17(22)23-13(2)10-18/h5,7,9,11-13,15H,3-4,6,8H2,1-2H3/t12-,13-,15+/m1/s1. The summed E-state index contributed by atoms with van der Waals surface area (Å²) in [7, 11) is 0. The fourth-order valence-electron chi connectivity index (χ4n) is 3.21. The van der Waals surface area contributed by atoms with Crippen molar-refractivity contribution in [3.63, 3.8) is 0 Å². The first-order valence-electron chi connectivity index (χ1n) is 8.12. The third-order valence-corrected chi connectivity index (χ3v) is 5.39. The molecule has 0 amide bonds. The molecule has 0 aromatic carbocycles. The van der Waals surface area contributed by atoms with Crippen molar-refractivity contribution in [2.45, 2.75) is 56.0 Å². The molecule has 2 aromatic rings. The number of thioether (sulfide) groups is 1. The van der Waals surface area contributed by atoms with E-state index in [1.165, 1.54) is 31.0 Å². The lowest BCUT2D eigenvalue weighted by Gasteiger charge is -2.31. The Bertz CT molecular complexity index is 691. The average Bonchev–Trinajstić information content (AvgIpc) is 2.99. The largest absolute Gasteiger partial charge is 0.299 e. The smallest absolute Gasteiger partial charge is 0.193 e. The van der Waals surface area contributed by atoms with E-state index in [4.69, 9.17) is 5.26 Å². The van der Waals surface area contributed by atoms with Crippen molar-refractivity contribution >= 4 is 11.8 Å². The maximum atomic E-state index is 9.13. The van der Waals surface area contributed by atoms with Crippen LogP contribution < -0.4 is 0 Å². The highest BCUT2D eigenvalue weighted by Crippen LogP contribution is 2.39. The molecule has 2 aromatic heterocycles. The number of hydrogen-bond acceptors (Lipinski definition) is 5. The van der Waals surface area contributed by atoms with Gasteiger partial charge < -0.3 is 0 Å². The normalized spacial score (nSPS) is 22.5. The van der Waals surface area contributed by atoms with Crippen LogP contribution in [-0.2, 0) is 0 Å². The van der Waals surface area contributed by atoms with Gasteiger partial charge in [-0.25, -0.2) is 0 Å². The Kier molecular flexibility index (Phi) is 4.97. The van der Waals surface area contributed by atoms with Crippen molar-refractivity contribution < 1.29 is 0 Å². The molecule has 1 aliphatic rings. The van der Waals surface area contributed by atoms with E-state index in [9.17, 15) is 0 Å². The lowest BCUT2D eigenvalue weighted by Crippen LogP contribution is -2.22. The number of aromatic nitrogens is 4. The topological polar surface area (TPSA) is 67.4 Å². The second kappa shape index (κ2) is 7.14. The van der Waals surface area contributed by atoms with Crippen LogP contribution in [0.15, 0.2) is 29.7 Å². The molecule has 0 N–H and O–H groups in total. The van der Waals surface area contributed by atoms with E-state index in [0.717, 1.165) is 23.0 Å². The highest BCUT2D eigenvalue weighted by molar-refractivity contribution is 8.00. The Morgan fingerprint density at radius 1 is 1.35 bits per heavy atom. The molecule has 6 heteroatoms. The zero-order valence-electron chi connectivity index (χ0n) is 13.5. The second-order valence-corrected chi connectivity index (χ2v) is 7.44. The summed E-state index contributed by atoms with van der Waals surface area (Å²) in [6.07, 6.45) is 8.49. The van der Waals surface area contributed by atoms with Gasteiger partial charge in [0.1, 0.15) is 0 Å². The van der Waals surface area contributed by atoms with E-state index in [1.807, 2.05) is 25.3 Å². The Labute approximate surface area is 141 Å². The van der Waals surface area contributed by atoms with Crippen molar-refractivity contribution in [1.29, 1.82) is 5.26 Å². The molecule has 5 nitrogen and oxygen atoms in total. The van der Waals surface area contributed by atoms with Gasteiger partial charge in [0.25, 0.3) is 0 Å². The number of nitrogens with zero attached hydrogens (tertiary/aromatic N) is 5. The van der Waals surface area contributed by atoms with Gasteiger partial charge in [0.05, 0.1) is 11.3 Å². The van der Waals surface area contributed by atoms with Crippen molar-refractivity contribution in [2.24, 2.45) is 5.92 Å². The minimum atomic E-state index is -0.140. The molecule has 0 bridgehead atoms. The molecule has 120 valence electrons. The van der Waals surface area contributed by atoms with E-state index in [0.29, 0.717) is 12.0 Å². The van der Waals surface area contributed by atoms with Crippen LogP contribution in [0.25, 0.3) is 11.4 Å². The number of nitriles is 1. The van der Waals surface area contributed by atoms with Crippen molar-refractivity contribution in [2.75, 3.05) is 0 Å². The van der Waals surface area contributed by atoms with E-state index in [1.54, 1.807) is 6.20 Å². The van der Waals surface area contributed by atoms with E-state index >= 15 is 0 Å². The molecule has 0 aliphatic heterocycles. The van der Waals surface area contributed by atoms with Crippen LogP contribution in [0.1, 0.15) is 45.6 Å². The quantitative estimate of drug-likeness (QED) is 0.791. The summed E-state index contributed by atoms with van der Waals surface area (Å²) in [4.78, 5) is 4.21. The molecule has 2 heterocycles. The zero-order chi connectivity index (χ0) is 16.2. The summed E-state index contributed by atoms with van der Waals surface area (Å²) in [5.41, 5.74) is 0.981. The first-order valence-corrected chi connectivity index (χ1v) is 9.00. The Hall–Kier alpha value is -1.87. The second-order valence-electron chi connectivity index (χ2n) is 6.14. The lowest BCUT2D eigenvalue weighted by atomic mass is 9.85. The summed E-state index contributed by atoms with van der Waals surface area (Å²) in [5.74, 6) is 1.46. The molecular weight excluding hydrogens is 306 g/mol. The number of rotatable bonds is 4. The minimum absolute atomic E-state index is 0.140. The molecule has 1 saturated carbocycles. The third kappa shape index (κ3) is 3.40. The van der Waals surface area contributed by atoms with Crippen LogP contribution in [0.2, 0.25) is 0 Å². The average molecular weight is 327 g/mol. The number of hydrogen-bond donors (Lipinski definition) is 0. The van der Waals surface area contributed by atoms with E-state index in [-0.39, 0.29) is 5.25 Å². The van der Waals surface area contributed by atoms with Crippen molar-refractivity contribution in [3.8, 4) is 17.5 Å². The Morgan fingerprint density at radius 3 is 2.87 bits per heavy atom. The van der Waals surface area contributed by atoms with E-state index < -0.39 is 0 Å². The highest BCUT2D eigenvalue weighted by Gasteiger charge is 2.29. The van der Waals surface area contributed by atoms with Crippen LogP contribution in [-0.4, -0.2) is 25.0 Å². The summed E-state index contributed by atoms with van der Waals surface area (Å²) in [6, 6.07) is 6.60. The third-order valence-electron chi connectivity index (χ3n) is 4.45. The van der Waals surface area contributed by atoms with Gasteiger partial charge in [-0.1, -0.05) is 31.5 Å². The molecule has 0 saturated heterocycles. The van der Waals surface area contributed by atoms with Crippen molar-refractivity contribution in [3.05, 3.63) is 24.5 Å². The zero-order valence-corrected chi connectivity index (χ0v) is 14.3. The molecule has 0 radical (unpaired) electrons. The van der Waals surface area contributed by atoms with Crippen LogP contribution in [0.3, 0.4) is 0 Å². The minimum Gasteiger partial charge on any atom is -0.299 e. The predicted octanol–water partition coefficient (Wildman–Crippen LogP) is 4.10. The van der Waals surface area contributed by atoms with Crippen LogP contribution in [0, 0.1) is 17.2 Å². The predicted molar refractivity (Wildman–Crippen MR) is 90.9 cm³/mol. The summed E-state index contributed by atoms with van der Waals surface area (Å²) in [6.45, 7) is 4.21. The molecule has 1 aliphatic carbocycles. The summed E-state index contributed by atoms with van der Waals surface area (Å²) < 4.78 is 2.25. The van der Waals surface area contributed by atoms with Gasteiger partial charge in [0, 0.05) is 24.0 Å². The molecule has 3 rings (SSSR count). The lowest BCUT2D eigenvalue weighted by molar-refractivity contribution is 0.247. The summed E-state index contributed by atoms with van der Waals surface area (Å²) in [5, 5.41) is 18.7. The molecule has 3 atom stereocenters. The number of pyridine rings is 1. The van der Waals surface area contributed by atoms with Gasteiger partial charge in [0.15, 0.2) is 11.0 Å². The molecule has 23 heavy (non-hydrogen) atoms. The van der Waals surface area contributed by atoms with Gasteiger partial charge in [0.2, 0.25) is 0 Å². The first kappa shape index (κ1) is 16.0. The maximum Gasteiger partial charge on any atom is 0.193 e. The monoisotopic (exact) mass is 327 g/mol. The Morgan fingerprint density at radius 2 is 2.17 bits per heavy atom. The molecule has 0 unspecified atom stereocenters. The van der Waals surface area contributed by atoms with Gasteiger partial charge in [-0.05, 0) is 37.8 Å². The Balaban J connectivity index is 2.04. The highest BCUT2D eigenvalue weighted by atomic mass is 32.2. The molecule has 1 fully saturated rings. The van der Waals surface area contributed by atoms with Crippen LogP contribution in [0.5, 0.6) is 0 Å². The fraction of sp³-hybridized carbons (Fsp3) is 0.529. The van der Waals surface area contributed by atoms with Gasteiger partial charge in [-0.3, -0.25) is 9.55 Å². The SMILES string of the molecule is C[C@H](C#N)Sc1nnc(-c2cccnc2)n1[C@H]1CCCC[C@H]1C. The van der Waals surface area contributed by atoms with Crippen LogP contribution >= 0.6 is 11.8 Å². The fourth-order valence-corrected chi connectivity index (χ4v) is 4.01. The molecular formula is C17H21N5S.